The third kappa shape index (κ3) is 3.87. The number of nitrogens with zero attached hydrogens (tertiary/aromatic N) is 1. The summed E-state index contributed by atoms with van der Waals surface area (Å²) in [7, 11) is 1.71. The summed E-state index contributed by atoms with van der Waals surface area (Å²) in [6, 6.07) is 3.80. The highest BCUT2D eigenvalue weighted by atomic mass is 19.1. The van der Waals surface area contributed by atoms with Crippen molar-refractivity contribution in [2.24, 2.45) is 0 Å². The van der Waals surface area contributed by atoms with Gasteiger partial charge in [-0.25, -0.2) is 8.78 Å². The highest BCUT2D eigenvalue weighted by Gasteiger charge is 2.18. The van der Waals surface area contributed by atoms with E-state index < -0.39 is 17.2 Å². The zero-order chi connectivity index (χ0) is 12.3. The van der Waals surface area contributed by atoms with E-state index in [0.717, 1.165) is 0 Å². The first-order valence-electron chi connectivity index (χ1n) is 5.13. The van der Waals surface area contributed by atoms with E-state index in [9.17, 15) is 13.9 Å². The summed E-state index contributed by atoms with van der Waals surface area (Å²) in [6.07, 6.45) is 0. The van der Waals surface area contributed by atoms with E-state index in [4.69, 9.17) is 0 Å². The van der Waals surface area contributed by atoms with E-state index in [2.05, 4.69) is 0 Å². The van der Waals surface area contributed by atoms with Crippen LogP contribution < -0.4 is 0 Å². The summed E-state index contributed by atoms with van der Waals surface area (Å²) >= 11 is 0. The molecule has 0 aliphatic carbocycles. The van der Waals surface area contributed by atoms with Crippen molar-refractivity contribution in [1.29, 1.82) is 0 Å². The standard InChI is InChI=1S/C12H17F2NO/c1-12(2,16)8-15(3)7-9-10(13)5-4-6-11(9)14/h4-6,16H,7-8H2,1-3H3. The lowest BCUT2D eigenvalue weighted by Crippen LogP contribution is -2.36. The topological polar surface area (TPSA) is 23.5 Å². The normalized spacial score (nSPS) is 12.2. The van der Waals surface area contributed by atoms with E-state index in [-0.39, 0.29) is 12.1 Å². The van der Waals surface area contributed by atoms with Crippen LogP contribution >= 0.6 is 0 Å². The minimum absolute atomic E-state index is 0.0363. The van der Waals surface area contributed by atoms with Crippen LogP contribution in [0.4, 0.5) is 8.78 Å². The number of likely N-dealkylation sites (N-methyl/N-ethyl adjacent to an activating group) is 1. The molecule has 16 heavy (non-hydrogen) atoms. The minimum Gasteiger partial charge on any atom is -0.389 e. The number of hydrogen-bond donors (Lipinski definition) is 1. The Morgan fingerprint density at radius 2 is 1.75 bits per heavy atom. The maximum atomic E-state index is 13.3. The van der Waals surface area contributed by atoms with Gasteiger partial charge < -0.3 is 5.11 Å². The third-order valence-electron chi connectivity index (χ3n) is 2.15. The summed E-state index contributed by atoms with van der Waals surface area (Å²) in [5.41, 5.74) is -0.842. The molecular weight excluding hydrogens is 212 g/mol. The SMILES string of the molecule is CN(Cc1c(F)cccc1F)CC(C)(C)O. The summed E-state index contributed by atoms with van der Waals surface area (Å²) in [4.78, 5) is 1.68. The molecule has 0 bridgehead atoms. The molecule has 0 aliphatic heterocycles. The lowest BCUT2D eigenvalue weighted by Gasteiger charge is -2.25. The van der Waals surface area contributed by atoms with Crippen LogP contribution in [0, 0.1) is 11.6 Å². The van der Waals surface area contributed by atoms with Gasteiger partial charge in [-0.3, -0.25) is 4.90 Å². The zero-order valence-corrected chi connectivity index (χ0v) is 9.80. The molecule has 0 aromatic heterocycles. The molecule has 0 spiro atoms. The van der Waals surface area contributed by atoms with E-state index in [1.807, 2.05) is 0 Å². The van der Waals surface area contributed by atoms with Gasteiger partial charge in [0.1, 0.15) is 11.6 Å². The number of benzene rings is 1. The largest absolute Gasteiger partial charge is 0.389 e. The molecule has 1 aromatic rings. The van der Waals surface area contributed by atoms with Crippen LogP contribution in [0.5, 0.6) is 0 Å². The van der Waals surface area contributed by atoms with Crippen molar-refractivity contribution in [3.8, 4) is 0 Å². The van der Waals surface area contributed by atoms with Crippen molar-refractivity contribution in [2.45, 2.75) is 26.0 Å². The molecule has 1 N–H and O–H groups in total. The minimum atomic E-state index is -0.878. The van der Waals surface area contributed by atoms with Crippen LogP contribution in [0.2, 0.25) is 0 Å². The summed E-state index contributed by atoms with van der Waals surface area (Å²) in [5.74, 6) is -1.11. The van der Waals surface area contributed by atoms with Crippen LogP contribution in [0.1, 0.15) is 19.4 Å². The summed E-state index contributed by atoms with van der Waals surface area (Å²) in [5, 5.41) is 9.58. The van der Waals surface area contributed by atoms with Gasteiger partial charge in [-0.1, -0.05) is 6.07 Å². The fourth-order valence-electron chi connectivity index (χ4n) is 1.67. The van der Waals surface area contributed by atoms with Gasteiger partial charge in [0.2, 0.25) is 0 Å². The van der Waals surface area contributed by atoms with E-state index in [0.29, 0.717) is 6.54 Å². The second-order valence-corrected chi connectivity index (χ2v) is 4.68. The van der Waals surface area contributed by atoms with Crippen LogP contribution in [-0.2, 0) is 6.54 Å². The van der Waals surface area contributed by atoms with Gasteiger partial charge in [0.05, 0.1) is 5.60 Å². The van der Waals surface area contributed by atoms with Crippen LogP contribution in [0.25, 0.3) is 0 Å². The van der Waals surface area contributed by atoms with E-state index in [1.54, 1.807) is 25.8 Å². The molecule has 90 valence electrons. The van der Waals surface area contributed by atoms with Gasteiger partial charge in [-0.2, -0.15) is 0 Å². The van der Waals surface area contributed by atoms with Crippen molar-refractivity contribution in [3.05, 3.63) is 35.4 Å². The molecule has 1 rings (SSSR count). The van der Waals surface area contributed by atoms with Crippen molar-refractivity contribution in [1.82, 2.24) is 4.90 Å². The molecule has 0 radical (unpaired) electrons. The number of hydrogen-bond acceptors (Lipinski definition) is 2. The molecule has 0 saturated heterocycles. The highest BCUT2D eigenvalue weighted by molar-refractivity contribution is 5.19. The maximum absolute atomic E-state index is 13.3. The van der Waals surface area contributed by atoms with Gasteiger partial charge in [0.15, 0.2) is 0 Å². The Morgan fingerprint density at radius 1 is 1.25 bits per heavy atom. The van der Waals surface area contributed by atoms with E-state index >= 15 is 0 Å². The second-order valence-electron chi connectivity index (χ2n) is 4.68. The van der Waals surface area contributed by atoms with Crippen molar-refractivity contribution >= 4 is 0 Å². The van der Waals surface area contributed by atoms with Gasteiger partial charge in [0, 0.05) is 18.7 Å². The molecule has 0 fully saturated rings. The Bertz CT molecular complexity index is 340. The molecule has 0 atom stereocenters. The second kappa shape index (κ2) is 4.89. The summed E-state index contributed by atoms with van der Waals surface area (Å²) in [6.45, 7) is 3.80. The molecule has 2 nitrogen and oxygen atoms in total. The van der Waals surface area contributed by atoms with Crippen molar-refractivity contribution in [2.75, 3.05) is 13.6 Å². The zero-order valence-electron chi connectivity index (χ0n) is 9.80. The average Bonchev–Trinajstić information content (AvgIpc) is 2.08. The van der Waals surface area contributed by atoms with E-state index in [1.165, 1.54) is 18.2 Å². The number of halogens is 2. The van der Waals surface area contributed by atoms with Gasteiger partial charge in [0.25, 0.3) is 0 Å². The first-order chi connectivity index (χ1) is 7.29. The summed E-state index contributed by atoms with van der Waals surface area (Å²) < 4.78 is 26.6. The van der Waals surface area contributed by atoms with Crippen molar-refractivity contribution < 1.29 is 13.9 Å². The molecule has 0 unspecified atom stereocenters. The number of rotatable bonds is 4. The molecule has 0 aliphatic rings. The smallest absolute Gasteiger partial charge is 0.130 e. The molecule has 0 amide bonds. The van der Waals surface area contributed by atoms with Crippen molar-refractivity contribution in [3.63, 3.8) is 0 Å². The Balaban J connectivity index is 2.73. The average molecular weight is 229 g/mol. The predicted octanol–water partition coefficient (Wildman–Crippen LogP) is 2.17. The fraction of sp³-hybridized carbons (Fsp3) is 0.500. The van der Waals surface area contributed by atoms with Gasteiger partial charge >= 0.3 is 0 Å². The van der Waals surface area contributed by atoms with Crippen LogP contribution in [0.3, 0.4) is 0 Å². The molecule has 0 saturated carbocycles. The lowest BCUT2D eigenvalue weighted by molar-refractivity contribution is 0.0418. The molecule has 1 aromatic carbocycles. The molecule has 0 heterocycles. The molecule has 4 heteroatoms. The first-order valence-corrected chi connectivity index (χ1v) is 5.13. The maximum Gasteiger partial charge on any atom is 0.130 e. The Hall–Kier alpha value is -1.00. The Kier molecular flexibility index (Phi) is 3.99. The van der Waals surface area contributed by atoms with Gasteiger partial charge in [-0.15, -0.1) is 0 Å². The monoisotopic (exact) mass is 229 g/mol. The molecular formula is C12H17F2NO. The fourth-order valence-corrected chi connectivity index (χ4v) is 1.67. The predicted molar refractivity (Wildman–Crippen MR) is 59.0 cm³/mol. The van der Waals surface area contributed by atoms with Crippen LogP contribution in [-0.4, -0.2) is 29.2 Å². The first kappa shape index (κ1) is 13.1. The lowest BCUT2D eigenvalue weighted by atomic mass is 10.1. The number of aliphatic hydroxyl groups is 1. The quantitative estimate of drug-likeness (QED) is 0.855. The highest BCUT2D eigenvalue weighted by Crippen LogP contribution is 2.15. The Labute approximate surface area is 94.5 Å². The van der Waals surface area contributed by atoms with Crippen LogP contribution in [0.15, 0.2) is 18.2 Å². The van der Waals surface area contributed by atoms with Gasteiger partial charge in [-0.05, 0) is 33.0 Å². The Morgan fingerprint density at radius 3 is 2.19 bits per heavy atom. The third-order valence-corrected chi connectivity index (χ3v) is 2.15.